The first-order chi connectivity index (χ1) is 8.43. The summed E-state index contributed by atoms with van der Waals surface area (Å²) in [5.41, 5.74) is 2.55. The van der Waals surface area contributed by atoms with Gasteiger partial charge >= 0.3 is 0 Å². The molecule has 0 aliphatic carbocycles. The second-order valence-corrected chi connectivity index (χ2v) is 4.90. The number of fused-ring (bicyclic) bond motifs is 1. The molecule has 2 aromatic heterocycles. The van der Waals surface area contributed by atoms with Gasteiger partial charge in [-0.3, -0.25) is 0 Å². The van der Waals surface area contributed by atoms with Crippen LogP contribution in [0.2, 0.25) is 0 Å². The van der Waals surface area contributed by atoms with Crippen LogP contribution >= 0.6 is 11.3 Å². The van der Waals surface area contributed by atoms with Gasteiger partial charge in [0.25, 0.3) is 0 Å². The molecule has 0 saturated heterocycles. The molecule has 1 aromatic carbocycles. The van der Waals surface area contributed by atoms with Crippen molar-refractivity contribution in [3.63, 3.8) is 0 Å². The first kappa shape index (κ1) is 10.6. The molecule has 86 valence electrons. The minimum atomic E-state index is 0.848. The molecule has 1 N–H and O–H groups in total. The summed E-state index contributed by atoms with van der Waals surface area (Å²) in [7, 11) is 0. The van der Waals surface area contributed by atoms with Crippen molar-refractivity contribution >= 4 is 21.4 Å². The zero-order valence-electron chi connectivity index (χ0n) is 9.35. The lowest BCUT2D eigenvalue weighted by Crippen LogP contribution is -2.11. The zero-order valence-corrected chi connectivity index (χ0v) is 10.2. The van der Waals surface area contributed by atoms with Crippen LogP contribution < -0.4 is 5.32 Å². The van der Waals surface area contributed by atoms with Gasteiger partial charge in [0.1, 0.15) is 0 Å². The Morgan fingerprint density at radius 2 is 2.06 bits per heavy atom. The van der Waals surface area contributed by atoms with Crippen molar-refractivity contribution in [2.45, 2.75) is 13.1 Å². The topological polar surface area (TPSA) is 25.2 Å². The van der Waals surface area contributed by atoms with Crippen LogP contribution in [0.25, 0.3) is 10.1 Å². The SMILES string of the molecule is c1ccc2c(CNCc3ccoc3)csc2c1. The maximum Gasteiger partial charge on any atom is 0.0947 e. The summed E-state index contributed by atoms with van der Waals surface area (Å²) >= 11 is 1.80. The van der Waals surface area contributed by atoms with Crippen molar-refractivity contribution in [3.05, 3.63) is 59.4 Å². The van der Waals surface area contributed by atoms with Gasteiger partial charge in [-0.1, -0.05) is 18.2 Å². The van der Waals surface area contributed by atoms with Crippen LogP contribution in [0.1, 0.15) is 11.1 Å². The van der Waals surface area contributed by atoms with Crippen molar-refractivity contribution in [1.29, 1.82) is 0 Å². The highest BCUT2D eigenvalue weighted by Gasteiger charge is 2.02. The number of rotatable bonds is 4. The van der Waals surface area contributed by atoms with E-state index in [9.17, 15) is 0 Å². The lowest BCUT2D eigenvalue weighted by molar-refractivity contribution is 0.560. The molecular weight excluding hydrogens is 230 g/mol. The van der Waals surface area contributed by atoms with E-state index in [1.807, 2.05) is 6.07 Å². The molecule has 0 atom stereocenters. The second-order valence-electron chi connectivity index (χ2n) is 3.99. The predicted octanol–water partition coefficient (Wildman–Crippen LogP) is 3.78. The van der Waals surface area contributed by atoms with Gasteiger partial charge in [-0.05, 0) is 28.5 Å². The Labute approximate surface area is 104 Å². The molecule has 0 spiro atoms. The number of nitrogens with one attached hydrogen (secondary N) is 1. The van der Waals surface area contributed by atoms with Crippen LogP contribution in [0.3, 0.4) is 0 Å². The van der Waals surface area contributed by atoms with E-state index in [4.69, 9.17) is 4.42 Å². The molecule has 0 aliphatic heterocycles. The number of hydrogen-bond donors (Lipinski definition) is 1. The van der Waals surface area contributed by atoms with Crippen molar-refractivity contribution in [2.24, 2.45) is 0 Å². The summed E-state index contributed by atoms with van der Waals surface area (Å²) < 4.78 is 6.39. The molecule has 0 amide bonds. The summed E-state index contributed by atoms with van der Waals surface area (Å²) in [5.74, 6) is 0. The molecule has 0 bridgehead atoms. The lowest BCUT2D eigenvalue weighted by atomic mass is 10.2. The molecule has 0 unspecified atom stereocenters. The molecule has 0 radical (unpaired) electrons. The fraction of sp³-hybridized carbons (Fsp3) is 0.143. The van der Waals surface area contributed by atoms with E-state index in [-0.39, 0.29) is 0 Å². The quantitative estimate of drug-likeness (QED) is 0.754. The minimum absolute atomic E-state index is 0.848. The Kier molecular flexibility index (Phi) is 2.94. The van der Waals surface area contributed by atoms with E-state index < -0.39 is 0 Å². The van der Waals surface area contributed by atoms with Crippen molar-refractivity contribution in [2.75, 3.05) is 0 Å². The molecule has 3 aromatic rings. The molecule has 0 saturated carbocycles. The van der Waals surface area contributed by atoms with E-state index in [0.29, 0.717) is 0 Å². The zero-order chi connectivity index (χ0) is 11.5. The van der Waals surface area contributed by atoms with E-state index in [1.54, 1.807) is 23.9 Å². The van der Waals surface area contributed by atoms with Crippen LogP contribution in [0.5, 0.6) is 0 Å². The van der Waals surface area contributed by atoms with E-state index in [1.165, 1.54) is 21.2 Å². The Hall–Kier alpha value is -1.58. The molecule has 3 rings (SSSR count). The summed E-state index contributed by atoms with van der Waals surface area (Å²) in [6.07, 6.45) is 3.48. The first-order valence-electron chi connectivity index (χ1n) is 5.60. The Balaban J connectivity index is 1.69. The Morgan fingerprint density at radius 1 is 1.12 bits per heavy atom. The third-order valence-electron chi connectivity index (χ3n) is 2.79. The van der Waals surface area contributed by atoms with Crippen molar-refractivity contribution < 1.29 is 4.42 Å². The van der Waals surface area contributed by atoms with E-state index in [0.717, 1.165) is 13.1 Å². The molecular formula is C14H13NOS. The molecule has 17 heavy (non-hydrogen) atoms. The summed E-state index contributed by atoms with van der Waals surface area (Å²) in [4.78, 5) is 0. The Morgan fingerprint density at radius 3 is 2.94 bits per heavy atom. The van der Waals surface area contributed by atoms with Crippen molar-refractivity contribution in [3.8, 4) is 0 Å². The minimum Gasteiger partial charge on any atom is -0.472 e. The highest BCUT2D eigenvalue weighted by molar-refractivity contribution is 7.17. The average Bonchev–Trinajstić information content (AvgIpc) is 2.99. The van der Waals surface area contributed by atoms with Crippen LogP contribution in [0, 0.1) is 0 Å². The number of hydrogen-bond acceptors (Lipinski definition) is 3. The van der Waals surface area contributed by atoms with Crippen LogP contribution in [0.4, 0.5) is 0 Å². The normalized spacial score (nSPS) is 11.1. The predicted molar refractivity (Wildman–Crippen MR) is 71.1 cm³/mol. The lowest BCUT2D eigenvalue weighted by Gasteiger charge is -2.01. The van der Waals surface area contributed by atoms with Gasteiger partial charge in [0.15, 0.2) is 0 Å². The summed E-state index contributed by atoms with van der Waals surface area (Å²) in [5, 5.41) is 7.02. The van der Waals surface area contributed by atoms with Gasteiger partial charge in [-0.2, -0.15) is 0 Å². The van der Waals surface area contributed by atoms with Gasteiger partial charge in [-0.25, -0.2) is 0 Å². The van der Waals surface area contributed by atoms with E-state index >= 15 is 0 Å². The molecule has 0 aliphatic rings. The van der Waals surface area contributed by atoms with Crippen LogP contribution in [-0.4, -0.2) is 0 Å². The van der Waals surface area contributed by atoms with Gasteiger partial charge in [0.05, 0.1) is 12.5 Å². The molecule has 2 nitrogen and oxygen atoms in total. The second kappa shape index (κ2) is 4.73. The van der Waals surface area contributed by atoms with E-state index in [2.05, 4.69) is 35.0 Å². The fourth-order valence-electron chi connectivity index (χ4n) is 1.90. The third kappa shape index (κ3) is 2.25. The molecule has 3 heteroatoms. The number of furan rings is 1. The maximum atomic E-state index is 5.03. The fourth-order valence-corrected chi connectivity index (χ4v) is 2.87. The summed E-state index contributed by atoms with van der Waals surface area (Å²) in [6, 6.07) is 10.5. The smallest absolute Gasteiger partial charge is 0.0947 e. The van der Waals surface area contributed by atoms with Gasteiger partial charge < -0.3 is 9.73 Å². The largest absolute Gasteiger partial charge is 0.472 e. The molecule has 2 heterocycles. The highest BCUT2D eigenvalue weighted by atomic mass is 32.1. The monoisotopic (exact) mass is 243 g/mol. The van der Waals surface area contributed by atoms with Gasteiger partial charge in [0, 0.05) is 23.4 Å². The third-order valence-corrected chi connectivity index (χ3v) is 3.80. The first-order valence-corrected chi connectivity index (χ1v) is 6.48. The van der Waals surface area contributed by atoms with Crippen LogP contribution in [0.15, 0.2) is 52.7 Å². The highest BCUT2D eigenvalue weighted by Crippen LogP contribution is 2.25. The number of benzene rings is 1. The standard InChI is InChI=1S/C14H13NOS/c1-2-4-14-13(3-1)12(10-17-14)8-15-7-11-5-6-16-9-11/h1-6,9-10,15H,7-8H2. The summed E-state index contributed by atoms with van der Waals surface area (Å²) in [6.45, 7) is 1.75. The van der Waals surface area contributed by atoms with Crippen molar-refractivity contribution in [1.82, 2.24) is 5.32 Å². The number of thiophene rings is 1. The maximum absolute atomic E-state index is 5.03. The van der Waals surface area contributed by atoms with Gasteiger partial charge in [-0.15, -0.1) is 11.3 Å². The van der Waals surface area contributed by atoms with Gasteiger partial charge in [0.2, 0.25) is 0 Å². The Bertz CT molecular complexity index is 598. The van der Waals surface area contributed by atoms with Crippen LogP contribution in [-0.2, 0) is 13.1 Å². The molecule has 0 fully saturated rings. The average molecular weight is 243 g/mol.